The molecule has 0 radical (unpaired) electrons. The number of ether oxygens (including phenoxy) is 1. The summed E-state index contributed by atoms with van der Waals surface area (Å²) in [5, 5.41) is 13.4. The van der Waals surface area contributed by atoms with Crippen LogP contribution in [0.4, 0.5) is 23.0 Å². The molecule has 0 bridgehead atoms. The van der Waals surface area contributed by atoms with Gasteiger partial charge in [-0.25, -0.2) is 4.98 Å². The van der Waals surface area contributed by atoms with Gasteiger partial charge in [0.05, 0.1) is 6.54 Å². The Hall–Kier alpha value is -3.37. The molecular formula is C17H21N7O3. The highest BCUT2D eigenvalue weighted by Crippen LogP contribution is 2.30. The van der Waals surface area contributed by atoms with Crippen molar-refractivity contribution in [1.29, 1.82) is 0 Å². The number of hydrogen-bond acceptors (Lipinski definition) is 9. The number of esters is 1. The molecule has 1 amide bonds. The van der Waals surface area contributed by atoms with Gasteiger partial charge in [0.15, 0.2) is 11.6 Å². The quantitative estimate of drug-likeness (QED) is 0.311. The van der Waals surface area contributed by atoms with Crippen molar-refractivity contribution in [3.63, 3.8) is 0 Å². The number of benzene rings is 1. The van der Waals surface area contributed by atoms with Gasteiger partial charge in [-0.1, -0.05) is 12.1 Å². The number of carbonyl (C=O) groups excluding carboxylic acids is 2. The van der Waals surface area contributed by atoms with Gasteiger partial charge in [-0.2, -0.15) is 0 Å². The van der Waals surface area contributed by atoms with E-state index in [0.717, 1.165) is 0 Å². The average molecular weight is 371 g/mol. The molecule has 0 aliphatic heterocycles. The third kappa shape index (κ3) is 6.13. The van der Waals surface area contributed by atoms with Crippen LogP contribution in [0.5, 0.6) is 5.75 Å². The standard InChI is InChI=1S/C17H21N7O3/c1-20-10-16(26)27-13-5-3-2-4-11(13)23-24-12-6-7-14(22-17(12)19)21-15(25)8-9-18/h2-7,20H,8-10,18H2,1H3,(H3,19,21,22,25)/b24-23+. The van der Waals surface area contributed by atoms with E-state index in [2.05, 4.69) is 25.8 Å². The third-order valence-corrected chi connectivity index (χ3v) is 3.22. The van der Waals surface area contributed by atoms with E-state index in [4.69, 9.17) is 16.2 Å². The Morgan fingerprint density at radius 3 is 2.59 bits per heavy atom. The van der Waals surface area contributed by atoms with E-state index in [1.807, 2.05) is 0 Å². The molecule has 0 saturated heterocycles. The third-order valence-electron chi connectivity index (χ3n) is 3.22. The zero-order valence-corrected chi connectivity index (χ0v) is 14.8. The Kier molecular flexibility index (Phi) is 7.35. The van der Waals surface area contributed by atoms with Crippen molar-refractivity contribution in [3.8, 4) is 5.75 Å². The SMILES string of the molecule is CNCC(=O)Oc1ccccc1/N=N/c1ccc(NC(=O)CCN)nc1N. The number of pyridine rings is 1. The van der Waals surface area contributed by atoms with E-state index in [-0.39, 0.29) is 37.0 Å². The number of amides is 1. The number of anilines is 2. The molecule has 0 aliphatic carbocycles. The number of azo groups is 1. The van der Waals surface area contributed by atoms with Crippen LogP contribution in [-0.4, -0.2) is 37.0 Å². The van der Waals surface area contributed by atoms with Crippen molar-refractivity contribution < 1.29 is 14.3 Å². The fraction of sp³-hybridized carbons (Fsp3) is 0.235. The van der Waals surface area contributed by atoms with Gasteiger partial charge in [0.2, 0.25) is 5.91 Å². The predicted octanol–water partition coefficient (Wildman–Crippen LogP) is 1.49. The summed E-state index contributed by atoms with van der Waals surface area (Å²) in [6.07, 6.45) is 0.187. The summed E-state index contributed by atoms with van der Waals surface area (Å²) in [7, 11) is 1.64. The van der Waals surface area contributed by atoms with Gasteiger partial charge in [0.1, 0.15) is 17.2 Å². The number of carbonyl (C=O) groups is 2. The highest BCUT2D eigenvalue weighted by molar-refractivity contribution is 5.90. The molecule has 10 heteroatoms. The van der Waals surface area contributed by atoms with Gasteiger partial charge in [0, 0.05) is 13.0 Å². The van der Waals surface area contributed by atoms with Gasteiger partial charge in [0.25, 0.3) is 0 Å². The summed E-state index contributed by atoms with van der Waals surface area (Å²) >= 11 is 0. The zero-order valence-electron chi connectivity index (χ0n) is 14.8. The van der Waals surface area contributed by atoms with E-state index in [9.17, 15) is 9.59 Å². The van der Waals surface area contributed by atoms with Crippen LogP contribution >= 0.6 is 0 Å². The highest BCUT2D eigenvalue weighted by atomic mass is 16.5. The first-order valence-corrected chi connectivity index (χ1v) is 8.16. The second kappa shape index (κ2) is 9.94. The van der Waals surface area contributed by atoms with Crippen LogP contribution < -0.4 is 26.8 Å². The second-order valence-electron chi connectivity index (χ2n) is 5.36. The molecule has 0 fully saturated rings. The maximum atomic E-state index is 11.6. The molecule has 6 N–H and O–H groups in total. The lowest BCUT2D eigenvalue weighted by molar-refractivity contribution is -0.133. The van der Waals surface area contributed by atoms with E-state index in [1.54, 1.807) is 43.4 Å². The molecular weight excluding hydrogens is 350 g/mol. The second-order valence-corrected chi connectivity index (χ2v) is 5.36. The summed E-state index contributed by atoms with van der Waals surface area (Å²) < 4.78 is 5.23. The minimum Gasteiger partial charge on any atom is -0.423 e. The number of nitrogen functional groups attached to an aromatic ring is 1. The summed E-state index contributed by atoms with van der Waals surface area (Å²) in [5.74, 6) is -0.0334. The normalized spacial score (nSPS) is 10.7. The molecule has 0 unspecified atom stereocenters. The lowest BCUT2D eigenvalue weighted by Crippen LogP contribution is -2.23. The van der Waals surface area contributed by atoms with Gasteiger partial charge < -0.3 is 26.8 Å². The molecule has 2 rings (SSSR count). The number of aromatic nitrogens is 1. The number of nitrogens with two attached hydrogens (primary N) is 2. The summed E-state index contributed by atoms with van der Waals surface area (Å²) in [4.78, 5) is 27.2. The fourth-order valence-corrected chi connectivity index (χ4v) is 2.00. The van der Waals surface area contributed by atoms with Crippen LogP contribution in [-0.2, 0) is 9.59 Å². The largest absolute Gasteiger partial charge is 0.423 e. The van der Waals surface area contributed by atoms with Crippen LogP contribution in [0.15, 0.2) is 46.6 Å². The Balaban J connectivity index is 2.14. The van der Waals surface area contributed by atoms with Crippen LogP contribution in [0.25, 0.3) is 0 Å². The van der Waals surface area contributed by atoms with Crippen LogP contribution in [0.1, 0.15) is 6.42 Å². The minimum atomic E-state index is -0.445. The van der Waals surface area contributed by atoms with E-state index in [0.29, 0.717) is 17.2 Å². The molecule has 0 aliphatic rings. The molecule has 1 aromatic carbocycles. The molecule has 1 aromatic heterocycles. The predicted molar refractivity (Wildman–Crippen MR) is 101 cm³/mol. The van der Waals surface area contributed by atoms with Crippen molar-refractivity contribution in [1.82, 2.24) is 10.3 Å². The average Bonchev–Trinajstić information content (AvgIpc) is 2.62. The van der Waals surface area contributed by atoms with Crippen LogP contribution in [0.3, 0.4) is 0 Å². The Morgan fingerprint density at radius 1 is 1.15 bits per heavy atom. The number of nitrogens with one attached hydrogen (secondary N) is 2. The van der Waals surface area contributed by atoms with Crippen LogP contribution in [0, 0.1) is 0 Å². The summed E-state index contributed by atoms with van der Waals surface area (Å²) in [5.41, 5.74) is 11.9. The highest BCUT2D eigenvalue weighted by Gasteiger charge is 2.09. The number of nitrogens with zero attached hydrogens (tertiary/aromatic N) is 3. The molecule has 0 atom stereocenters. The maximum Gasteiger partial charge on any atom is 0.325 e. The molecule has 0 spiro atoms. The van der Waals surface area contributed by atoms with E-state index < -0.39 is 5.97 Å². The molecule has 142 valence electrons. The summed E-state index contributed by atoms with van der Waals surface area (Å²) in [6, 6.07) is 9.84. The first kappa shape index (κ1) is 19.9. The molecule has 10 nitrogen and oxygen atoms in total. The molecule has 2 aromatic rings. The smallest absolute Gasteiger partial charge is 0.325 e. The lowest BCUT2D eigenvalue weighted by Gasteiger charge is -2.07. The monoisotopic (exact) mass is 371 g/mol. The van der Waals surface area contributed by atoms with Crippen molar-refractivity contribution >= 4 is 34.9 Å². The van der Waals surface area contributed by atoms with Crippen molar-refractivity contribution in [2.45, 2.75) is 6.42 Å². The number of likely N-dealkylation sites (N-methyl/N-ethyl adjacent to an activating group) is 1. The lowest BCUT2D eigenvalue weighted by atomic mass is 10.3. The van der Waals surface area contributed by atoms with E-state index >= 15 is 0 Å². The first-order valence-electron chi connectivity index (χ1n) is 8.16. The number of hydrogen-bond donors (Lipinski definition) is 4. The van der Waals surface area contributed by atoms with Gasteiger partial charge in [-0.05, 0) is 31.3 Å². The number of rotatable bonds is 8. The van der Waals surface area contributed by atoms with Crippen LogP contribution in [0.2, 0.25) is 0 Å². The number of para-hydroxylation sites is 1. The Morgan fingerprint density at radius 2 is 1.89 bits per heavy atom. The molecule has 1 heterocycles. The minimum absolute atomic E-state index is 0.0691. The van der Waals surface area contributed by atoms with E-state index in [1.165, 1.54) is 0 Å². The summed E-state index contributed by atoms with van der Waals surface area (Å²) in [6.45, 7) is 0.311. The fourth-order valence-electron chi connectivity index (χ4n) is 2.00. The van der Waals surface area contributed by atoms with Gasteiger partial charge in [-0.3, -0.25) is 9.59 Å². The Labute approximate surface area is 156 Å². The van der Waals surface area contributed by atoms with Crippen molar-refractivity contribution in [3.05, 3.63) is 36.4 Å². The Bertz CT molecular complexity index is 839. The van der Waals surface area contributed by atoms with Gasteiger partial charge in [-0.15, -0.1) is 10.2 Å². The molecule has 0 saturated carbocycles. The first-order chi connectivity index (χ1) is 13.0. The zero-order chi connectivity index (χ0) is 19.6. The van der Waals surface area contributed by atoms with Crippen molar-refractivity contribution in [2.75, 3.05) is 31.2 Å². The topological polar surface area (TPSA) is 157 Å². The van der Waals surface area contributed by atoms with Crippen molar-refractivity contribution in [2.24, 2.45) is 16.0 Å². The molecule has 27 heavy (non-hydrogen) atoms. The maximum absolute atomic E-state index is 11.6. The van der Waals surface area contributed by atoms with Gasteiger partial charge >= 0.3 is 5.97 Å².